The third kappa shape index (κ3) is 3.78. The molecule has 30 heavy (non-hydrogen) atoms. The van der Waals surface area contributed by atoms with Crippen molar-refractivity contribution in [3.8, 4) is 0 Å². The summed E-state index contributed by atoms with van der Waals surface area (Å²) in [6.07, 6.45) is 4.81. The van der Waals surface area contributed by atoms with E-state index < -0.39 is 0 Å². The molecule has 0 saturated heterocycles. The van der Waals surface area contributed by atoms with E-state index in [0.29, 0.717) is 23.2 Å². The van der Waals surface area contributed by atoms with Crippen LogP contribution in [0.3, 0.4) is 0 Å². The number of aromatic nitrogens is 3. The number of pyridine rings is 1. The molecule has 0 saturated carbocycles. The van der Waals surface area contributed by atoms with Crippen molar-refractivity contribution in [1.29, 1.82) is 0 Å². The molecule has 0 unspecified atom stereocenters. The topological polar surface area (TPSA) is 64.8 Å². The van der Waals surface area contributed by atoms with E-state index in [4.69, 9.17) is 4.98 Å². The quantitative estimate of drug-likeness (QED) is 0.351. The third-order valence-corrected chi connectivity index (χ3v) is 5.90. The maximum absolute atomic E-state index is 13.5. The van der Waals surface area contributed by atoms with Gasteiger partial charge < -0.3 is 4.57 Å². The van der Waals surface area contributed by atoms with Crippen molar-refractivity contribution in [3.63, 3.8) is 0 Å². The van der Waals surface area contributed by atoms with E-state index in [1.807, 2.05) is 42.7 Å². The molecular formula is C24H21N3O2S. The van der Waals surface area contributed by atoms with Crippen LogP contribution in [0.25, 0.3) is 11.0 Å². The maximum Gasteiger partial charge on any atom is 0.263 e. The fourth-order valence-electron chi connectivity index (χ4n) is 3.52. The fourth-order valence-corrected chi connectivity index (χ4v) is 4.30. The number of hydrogen-bond donors (Lipinski definition) is 0. The Balaban J connectivity index is 1.92. The molecule has 4 rings (SSSR count). The van der Waals surface area contributed by atoms with E-state index >= 15 is 0 Å². The zero-order valence-electron chi connectivity index (χ0n) is 16.8. The minimum Gasteiger partial charge on any atom is -0.302 e. The molecule has 4 aromatic rings. The highest BCUT2D eigenvalue weighted by Gasteiger charge is 2.24. The van der Waals surface area contributed by atoms with Crippen LogP contribution in [-0.4, -0.2) is 26.6 Å². The molecule has 0 N–H and O–H groups in total. The molecule has 2 aromatic carbocycles. The molecule has 0 aliphatic carbocycles. The van der Waals surface area contributed by atoms with Gasteiger partial charge in [0.1, 0.15) is 0 Å². The molecule has 0 atom stereocenters. The van der Waals surface area contributed by atoms with Crippen LogP contribution in [0.1, 0.15) is 27.2 Å². The molecule has 0 spiro atoms. The second-order valence-corrected chi connectivity index (χ2v) is 7.82. The van der Waals surface area contributed by atoms with Crippen molar-refractivity contribution in [1.82, 2.24) is 14.5 Å². The Hall–Kier alpha value is -3.25. The molecular weight excluding hydrogens is 394 g/mol. The Labute approximate surface area is 178 Å². The number of thioether (sulfide) groups is 1. The molecule has 5 nitrogen and oxygen atoms in total. The zero-order chi connectivity index (χ0) is 21.1. The summed E-state index contributed by atoms with van der Waals surface area (Å²) in [6.45, 7) is 0. The molecule has 0 aliphatic heterocycles. The van der Waals surface area contributed by atoms with Gasteiger partial charge in [0.2, 0.25) is 0 Å². The van der Waals surface area contributed by atoms with Crippen LogP contribution < -0.4 is 5.56 Å². The first-order valence-corrected chi connectivity index (χ1v) is 10.9. The summed E-state index contributed by atoms with van der Waals surface area (Å²) in [4.78, 5) is 36.3. The van der Waals surface area contributed by atoms with E-state index in [0.717, 1.165) is 17.0 Å². The summed E-state index contributed by atoms with van der Waals surface area (Å²) in [6, 6.07) is 19.2. The summed E-state index contributed by atoms with van der Waals surface area (Å²) < 4.78 is 1.39. The van der Waals surface area contributed by atoms with Crippen LogP contribution in [0.2, 0.25) is 0 Å². The predicted octanol–water partition coefficient (Wildman–Crippen LogP) is 4.07. The SMILES string of the molecule is CSc1c(CCc2ccccc2)nc2ncn(C)c(=O)c2c1C(=O)c1ccccc1. The maximum atomic E-state index is 13.5. The lowest BCUT2D eigenvalue weighted by Gasteiger charge is -2.15. The minimum atomic E-state index is -0.267. The summed E-state index contributed by atoms with van der Waals surface area (Å²) >= 11 is 1.45. The van der Waals surface area contributed by atoms with Gasteiger partial charge in [0.25, 0.3) is 5.56 Å². The molecule has 150 valence electrons. The van der Waals surface area contributed by atoms with E-state index in [-0.39, 0.29) is 16.7 Å². The van der Waals surface area contributed by atoms with E-state index in [9.17, 15) is 9.59 Å². The first kappa shape index (κ1) is 20.0. The minimum absolute atomic E-state index is 0.182. The number of aryl methyl sites for hydroxylation is 3. The lowest BCUT2D eigenvalue weighted by atomic mass is 9.98. The number of ketones is 1. The van der Waals surface area contributed by atoms with Gasteiger partial charge in [-0.1, -0.05) is 60.7 Å². The summed E-state index contributed by atoms with van der Waals surface area (Å²) in [7, 11) is 1.63. The van der Waals surface area contributed by atoms with Crippen LogP contribution >= 0.6 is 11.8 Å². The highest BCUT2D eigenvalue weighted by atomic mass is 32.2. The van der Waals surface area contributed by atoms with Gasteiger partial charge >= 0.3 is 0 Å². The van der Waals surface area contributed by atoms with Gasteiger partial charge in [-0.2, -0.15) is 0 Å². The van der Waals surface area contributed by atoms with Gasteiger partial charge in [-0.3, -0.25) is 9.59 Å². The van der Waals surface area contributed by atoms with Crippen molar-refractivity contribution >= 4 is 28.6 Å². The Morgan fingerprint density at radius 2 is 1.67 bits per heavy atom. The van der Waals surface area contributed by atoms with Crippen LogP contribution in [-0.2, 0) is 19.9 Å². The average Bonchev–Trinajstić information content (AvgIpc) is 2.80. The lowest BCUT2D eigenvalue weighted by molar-refractivity contribution is 0.103. The molecule has 0 fully saturated rings. The van der Waals surface area contributed by atoms with Crippen molar-refractivity contribution in [2.24, 2.45) is 7.05 Å². The molecule has 0 aliphatic rings. The molecule has 0 radical (unpaired) electrons. The van der Waals surface area contributed by atoms with Crippen molar-refractivity contribution in [2.75, 3.05) is 6.26 Å². The molecule has 2 heterocycles. The van der Waals surface area contributed by atoms with Crippen LogP contribution in [0.5, 0.6) is 0 Å². The monoisotopic (exact) mass is 415 g/mol. The van der Waals surface area contributed by atoms with Gasteiger partial charge in [-0.15, -0.1) is 11.8 Å². The second-order valence-electron chi connectivity index (χ2n) is 7.01. The molecule has 6 heteroatoms. The molecule has 2 aromatic heterocycles. The largest absolute Gasteiger partial charge is 0.302 e. The van der Waals surface area contributed by atoms with Crippen LogP contribution in [0.4, 0.5) is 0 Å². The highest BCUT2D eigenvalue weighted by Crippen LogP contribution is 2.31. The number of rotatable bonds is 6. The van der Waals surface area contributed by atoms with E-state index in [1.54, 1.807) is 19.2 Å². The third-order valence-electron chi connectivity index (χ3n) is 5.05. The number of fused-ring (bicyclic) bond motifs is 1. The fraction of sp³-hybridized carbons (Fsp3) is 0.167. The van der Waals surface area contributed by atoms with Crippen molar-refractivity contribution < 1.29 is 4.79 Å². The Bertz CT molecular complexity index is 1270. The number of carbonyl (C=O) groups excluding carboxylic acids is 1. The van der Waals surface area contributed by atoms with Gasteiger partial charge in [0, 0.05) is 17.5 Å². The first-order chi connectivity index (χ1) is 14.6. The lowest BCUT2D eigenvalue weighted by Crippen LogP contribution is -2.22. The van der Waals surface area contributed by atoms with Crippen molar-refractivity contribution in [2.45, 2.75) is 17.7 Å². The van der Waals surface area contributed by atoms with Crippen molar-refractivity contribution in [3.05, 3.63) is 99.7 Å². The first-order valence-electron chi connectivity index (χ1n) is 9.66. The highest BCUT2D eigenvalue weighted by molar-refractivity contribution is 7.98. The van der Waals surface area contributed by atoms with Gasteiger partial charge in [-0.25, -0.2) is 9.97 Å². The summed E-state index contributed by atoms with van der Waals surface area (Å²) in [5.41, 5.74) is 2.98. The number of nitrogens with zero attached hydrogens (tertiary/aromatic N) is 3. The normalized spacial score (nSPS) is 11.0. The number of hydrogen-bond acceptors (Lipinski definition) is 5. The van der Waals surface area contributed by atoms with Gasteiger partial charge in [0.15, 0.2) is 11.4 Å². The Kier molecular flexibility index (Phi) is 5.77. The Morgan fingerprint density at radius 3 is 2.33 bits per heavy atom. The predicted molar refractivity (Wildman–Crippen MR) is 120 cm³/mol. The van der Waals surface area contributed by atoms with Gasteiger partial charge in [-0.05, 0) is 24.7 Å². The smallest absolute Gasteiger partial charge is 0.263 e. The number of carbonyl (C=O) groups is 1. The summed E-state index contributed by atoms with van der Waals surface area (Å²) in [5.74, 6) is -0.182. The Morgan fingerprint density at radius 1 is 1.00 bits per heavy atom. The standard InChI is InChI=1S/C24H21N3O2S/c1-27-15-25-23-20(24(27)29)19(21(28)17-11-7-4-8-12-17)22(30-2)18(26-23)14-13-16-9-5-3-6-10-16/h3-12,15H,13-14H2,1-2H3. The molecule has 0 amide bonds. The van der Waals surface area contributed by atoms with E-state index in [1.165, 1.54) is 28.2 Å². The van der Waals surface area contributed by atoms with E-state index in [2.05, 4.69) is 17.1 Å². The van der Waals surface area contributed by atoms with Crippen LogP contribution in [0, 0.1) is 0 Å². The average molecular weight is 416 g/mol. The number of benzene rings is 2. The summed E-state index contributed by atoms with van der Waals surface area (Å²) in [5, 5.41) is 0.279. The van der Waals surface area contributed by atoms with Crippen LogP contribution in [0.15, 0.2) is 76.7 Å². The second kappa shape index (κ2) is 8.63. The zero-order valence-corrected chi connectivity index (χ0v) is 17.6. The molecule has 0 bridgehead atoms. The van der Waals surface area contributed by atoms with Gasteiger partial charge in [0.05, 0.1) is 23.0 Å².